The van der Waals surface area contributed by atoms with E-state index in [-0.39, 0.29) is 17.6 Å². The molecule has 8 nitrogen and oxygen atoms in total. The molecular formula is C24H34N4O4. The van der Waals surface area contributed by atoms with Gasteiger partial charge in [0.15, 0.2) is 0 Å². The molecule has 1 aromatic carbocycles. The van der Waals surface area contributed by atoms with Crippen molar-refractivity contribution < 1.29 is 14.7 Å². The molecule has 1 aliphatic heterocycles. The average Bonchev–Trinajstić information content (AvgIpc) is 3.10. The second-order valence-corrected chi connectivity index (χ2v) is 9.58. The lowest BCUT2D eigenvalue weighted by Crippen LogP contribution is -2.58. The smallest absolute Gasteiger partial charge is 0.337 e. The molecule has 1 aromatic heterocycles. The molecule has 32 heavy (non-hydrogen) atoms. The number of fused-ring (bicyclic) bond motifs is 1. The van der Waals surface area contributed by atoms with Crippen LogP contribution in [0.15, 0.2) is 29.1 Å². The van der Waals surface area contributed by atoms with Crippen molar-refractivity contribution in [2.75, 3.05) is 19.6 Å². The number of piperidine rings is 1. The Hall–Kier alpha value is -2.61. The van der Waals surface area contributed by atoms with Gasteiger partial charge in [-0.05, 0) is 70.7 Å². The van der Waals surface area contributed by atoms with E-state index in [1.807, 2.05) is 32.0 Å². The molecule has 0 bridgehead atoms. The molecule has 0 radical (unpaired) electrons. The molecular weight excluding hydrogens is 408 g/mol. The van der Waals surface area contributed by atoms with Gasteiger partial charge in [0.25, 0.3) is 0 Å². The molecule has 8 heteroatoms. The van der Waals surface area contributed by atoms with Crippen LogP contribution in [0.3, 0.4) is 0 Å². The van der Waals surface area contributed by atoms with Gasteiger partial charge >= 0.3 is 17.7 Å². The van der Waals surface area contributed by atoms with Crippen molar-refractivity contribution in [2.45, 2.75) is 70.4 Å². The predicted octanol–water partition coefficient (Wildman–Crippen LogP) is 3.44. The van der Waals surface area contributed by atoms with Crippen LogP contribution in [0.1, 0.15) is 64.8 Å². The minimum absolute atomic E-state index is 0.0490. The second-order valence-electron chi connectivity index (χ2n) is 9.58. The third-order valence-electron chi connectivity index (χ3n) is 7.34. The van der Waals surface area contributed by atoms with Gasteiger partial charge in [-0.1, -0.05) is 31.4 Å². The molecule has 1 saturated heterocycles. The summed E-state index contributed by atoms with van der Waals surface area (Å²) in [4.78, 5) is 40.1. The number of aliphatic carboxylic acids is 1. The number of carboxylic acids is 1. The molecule has 2 aliphatic rings. The number of hydrogen-bond donors (Lipinski definition) is 2. The summed E-state index contributed by atoms with van der Waals surface area (Å²) in [6.45, 7) is 5.82. The quantitative estimate of drug-likeness (QED) is 0.739. The van der Waals surface area contributed by atoms with Gasteiger partial charge in [0.1, 0.15) is 5.54 Å². The Labute approximate surface area is 188 Å². The monoisotopic (exact) mass is 442 g/mol. The van der Waals surface area contributed by atoms with Crippen LogP contribution in [0, 0.1) is 5.92 Å². The first-order chi connectivity index (χ1) is 15.3. The molecule has 4 rings (SSSR count). The number of carboxylic acid groups (broad SMARTS) is 1. The van der Waals surface area contributed by atoms with Crippen LogP contribution in [0.5, 0.6) is 0 Å². The first-order valence-corrected chi connectivity index (χ1v) is 11.8. The van der Waals surface area contributed by atoms with Gasteiger partial charge in [-0.3, -0.25) is 14.3 Å². The number of carbonyl (C=O) groups is 2. The van der Waals surface area contributed by atoms with Crippen molar-refractivity contribution in [3.05, 3.63) is 34.7 Å². The zero-order valence-electron chi connectivity index (χ0n) is 19.0. The lowest BCUT2D eigenvalue weighted by Gasteiger charge is -2.46. The number of imidazole rings is 1. The van der Waals surface area contributed by atoms with Gasteiger partial charge in [0.05, 0.1) is 11.0 Å². The van der Waals surface area contributed by atoms with Gasteiger partial charge in [0.2, 0.25) is 0 Å². The number of nitrogens with one attached hydrogen (secondary N) is 1. The van der Waals surface area contributed by atoms with Crippen LogP contribution in [0.25, 0.3) is 11.0 Å². The normalized spacial score (nSPS) is 20.0. The minimum Gasteiger partial charge on any atom is -0.480 e. The van der Waals surface area contributed by atoms with E-state index in [0.29, 0.717) is 12.1 Å². The fourth-order valence-electron chi connectivity index (χ4n) is 5.54. The molecule has 174 valence electrons. The number of para-hydroxylation sites is 2. The third-order valence-corrected chi connectivity index (χ3v) is 7.34. The molecule has 2 aromatic rings. The van der Waals surface area contributed by atoms with Crippen LogP contribution >= 0.6 is 0 Å². The van der Waals surface area contributed by atoms with Crippen molar-refractivity contribution in [2.24, 2.45) is 5.92 Å². The molecule has 0 unspecified atom stereocenters. The van der Waals surface area contributed by atoms with Crippen molar-refractivity contribution in [3.8, 4) is 0 Å². The Morgan fingerprint density at radius 1 is 1.09 bits per heavy atom. The van der Waals surface area contributed by atoms with Crippen LogP contribution in [-0.2, 0) is 4.79 Å². The zero-order valence-corrected chi connectivity index (χ0v) is 19.0. The maximum absolute atomic E-state index is 13.0. The van der Waals surface area contributed by atoms with Gasteiger partial charge in [-0.15, -0.1) is 0 Å². The number of benzene rings is 1. The highest BCUT2D eigenvalue weighted by molar-refractivity contribution is 5.89. The molecule has 1 aliphatic carbocycles. The topological polar surface area (TPSA) is 96.6 Å². The zero-order chi connectivity index (χ0) is 22.9. The summed E-state index contributed by atoms with van der Waals surface area (Å²) in [6, 6.07) is 6.90. The van der Waals surface area contributed by atoms with Crippen molar-refractivity contribution in [1.82, 2.24) is 19.4 Å². The molecule has 2 fully saturated rings. The maximum Gasteiger partial charge on any atom is 0.337 e. The number of nitrogens with zero attached hydrogens (tertiary/aromatic N) is 3. The molecule has 1 amide bonds. The van der Waals surface area contributed by atoms with Crippen molar-refractivity contribution in [3.63, 3.8) is 0 Å². The summed E-state index contributed by atoms with van der Waals surface area (Å²) in [7, 11) is 0. The van der Waals surface area contributed by atoms with Crippen molar-refractivity contribution in [1.29, 1.82) is 0 Å². The Morgan fingerprint density at radius 3 is 2.31 bits per heavy atom. The van der Waals surface area contributed by atoms with E-state index in [4.69, 9.17) is 0 Å². The van der Waals surface area contributed by atoms with Crippen molar-refractivity contribution >= 4 is 23.0 Å². The number of amides is 1. The molecule has 1 saturated carbocycles. The van der Waals surface area contributed by atoms with E-state index in [9.17, 15) is 19.5 Å². The summed E-state index contributed by atoms with van der Waals surface area (Å²) in [5.74, 6) is -0.413. The number of aromatic nitrogens is 2. The SMILES string of the molecule is CC(C)n1c(=O)n(C(=O)NCC2CCN(C3(C(=O)O)CCCCC3)CC2)c2ccccc21. The highest BCUT2D eigenvalue weighted by Gasteiger charge is 2.45. The minimum atomic E-state index is -0.710. The Kier molecular flexibility index (Phi) is 6.42. The lowest BCUT2D eigenvalue weighted by atomic mass is 9.78. The largest absolute Gasteiger partial charge is 0.480 e. The number of likely N-dealkylation sites (tertiary alicyclic amines) is 1. The van der Waals surface area contributed by atoms with Crippen LogP contribution in [-0.4, -0.2) is 56.3 Å². The Bertz CT molecular complexity index is 1040. The van der Waals surface area contributed by atoms with Gasteiger partial charge in [-0.2, -0.15) is 0 Å². The van der Waals surface area contributed by atoms with E-state index in [0.717, 1.165) is 63.6 Å². The number of hydrogen-bond acceptors (Lipinski definition) is 4. The fraction of sp³-hybridized carbons (Fsp3) is 0.625. The third kappa shape index (κ3) is 3.96. The molecule has 0 atom stereocenters. The summed E-state index contributed by atoms with van der Waals surface area (Å²) < 4.78 is 2.87. The predicted molar refractivity (Wildman–Crippen MR) is 123 cm³/mol. The van der Waals surface area contributed by atoms with Gasteiger partial charge in [0, 0.05) is 12.6 Å². The Balaban J connectivity index is 1.41. The van der Waals surface area contributed by atoms with E-state index in [1.165, 1.54) is 4.57 Å². The summed E-state index contributed by atoms with van der Waals surface area (Å²) in [5, 5.41) is 12.9. The summed E-state index contributed by atoms with van der Waals surface area (Å²) >= 11 is 0. The molecule has 2 heterocycles. The summed E-state index contributed by atoms with van der Waals surface area (Å²) in [5.41, 5.74) is 0.328. The standard InChI is InChI=1S/C24H34N4O4/c1-17(2)27-19-8-4-5-9-20(19)28(23(27)32)22(31)25-16-18-10-14-26(15-11-18)24(21(29)30)12-6-3-7-13-24/h4-5,8-9,17-18H,3,6-7,10-16H2,1-2H3,(H,25,31)(H,29,30). The average molecular weight is 443 g/mol. The van der Waals surface area contributed by atoms with E-state index in [1.54, 1.807) is 10.6 Å². The second kappa shape index (κ2) is 9.10. The van der Waals surface area contributed by atoms with Crippen LogP contribution in [0.2, 0.25) is 0 Å². The highest BCUT2D eigenvalue weighted by Crippen LogP contribution is 2.36. The highest BCUT2D eigenvalue weighted by atomic mass is 16.4. The number of carbonyl (C=O) groups excluding carboxylic acids is 1. The fourth-order valence-corrected chi connectivity index (χ4v) is 5.54. The first kappa shape index (κ1) is 22.6. The maximum atomic E-state index is 13.0. The van der Waals surface area contributed by atoms with Gasteiger partial charge < -0.3 is 10.4 Å². The van der Waals surface area contributed by atoms with Gasteiger partial charge in [-0.25, -0.2) is 14.2 Å². The first-order valence-electron chi connectivity index (χ1n) is 11.8. The van der Waals surface area contributed by atoms with E-state index >= 15 is 0 Å². The Morgan fingerprint density at radius 2 is 1.72 bits per heavy atom. The molecule has 0 spiro atoms. The van der Waals surface area contributed by atoms with E-state index in [2.05, 4.69) is 10.2 Å². The van der Waals surface area contributed by atoms with Crippen LogP contribution < -0.4 is 11.0 Å². The van der Waals surface area contributed by atoms with Crippen LogP contribution in [0.4, 0.5) is 4.79 Å². The molecule has 2 N–H and O–H groups in total. The van der Waals surface area contributed by atoms with E-state index < -0.39 is 17.5 Å². The lowest BCUT2D eigenvalue weighted by molar-refractivity contribution is -0.155. The number of rotatable bonds is 5. The summed E-state index contributed by atoms with van der Waals surface area (Å²) in [6.07, 6.45) is 6.21.